The van der Waals surface area contributed by atoms with Crippen LogP contribution in [0.2, 0.25) is 0 Å². The van der Waals surface area contributed by atoms with Crippen molar-refractivity contribution in [2.45, 2.75) is 24.8 Å². The van der Waals surface area contributed by atoms with Gasteiger partial charge in [-0.2, -0.15) is 0 Å². The molecule has 0 aromatic heterocycles. The van der Waals surface area contributed by atoms with Gasteiger partial charge in [-0.3, -0.25) is 0 Å². The molecule has 102 valence electrons. The highest BCUT2D eigenvalue weighted by Gasteiger charge is 2.19. The predicted molar refractivity (Wildman–Crippen MR) is 79.8 cm³/mol. The minimum absolute atomic E-state index is 0.200. The fourth-order valence-corrected chi connectivity index (χ4v) is 4.03. The van der Waals surface area contributed by atoms with Gasteiger partial charge in [0.25, 0.3) is 0 Å². The van der Waals surface area contributed by atoms with E-state index >= 15 is 0 Å². The van der Waals surface area contributed by atoms with Gasteiger partial charge in [-0.05, 0) is 40.0 Å². The molecule has 0 saturated carbocycles. The van der Waals surface area contributed by atoms with E-state index in [-0.39, 0.29) is 23.4 Å². The zero-order valence-electron chi connectivity index (χ0n) is 10.2. The van der Waals surface area contributed by atoms with Crippen molar-refractivity contribution in [1.82, 2.24) is 4.72 Å². The molecular weight excluding hydrogens is 384 g/mol. The summed E-state index contributed by atoms with van der Waals surface area (Å²) in [5, 5.41) is 0. The highest BCUT2D eigenvalue weighted by atomic mass is 79.9. The summed E-state index contributed by atoms with van der Waals surface area (Å²) >= 11 is 6.52. The van der Waals surface area contributed by atoms with E-state index in [1.165, 1.54) is 6.07 Å². The van der Waals surface area contributed by atoms with Crippen LogP contribution >= 0.6 is 31.9 Å². The van der Waals surface area contributed by atoms with Crippen LogP contribution in [0.15, 0.2) is 32.0 Å². The van der Waals surface area contributed by atoms with Crippen LogP contribution in [0.25, 0.3) is 0 Å². The number of rotatable bonds is 5. The van der Waals surface area contributed by atoms with Crippen LogP contribution in [0, 0.1) is 5.92 Å². The Morgan fingerprint density at radius 3 is 2.44 bits per heavy atom. The second-order valence-corrected chi connectivity index (χ2v) is 7.84. The standard InChI is InChI=1S/C11H16Br2N2O2S/c1-7(2)10(14)6-15-18(16,17)11-4-3-8(12)5-9(11)13/h3-5,7,10,15H,6,14H2,1-2H3. The number of sulfonamides is 1. The molecule has 7 heteroatoms. The van der Waals surface area contributed by atoms with Gasteiger partial charge in [-0.15, -0.1) is 0 Å². The molecule has 0 aliphatic rings. The minimum atomic E-state index is -3.53. The number of benzene rings is 1. The summed E-state index contributed by atoms with van der Waals surface area (Å²) in [6, 6.07) is 4.71. The lowest BCUT2D eigenvalue weighted by molar-refractivity contribution is 0.481. The van der Waals surface area contributed by atoms with E-state index in [9.17, 15) is 8.42 Å². The second-order valence-electron chi connectivity index (χ2n) is 4.33. The number of halogens is 2. The minimum Gasteiger partial charge on any atom is -0.326 e. The average molecular weight is 400 g/mol. The van der Waals surface area contributed by atoms with E-state index in [4.69, 9.17) is 5.73 Å². The maximum Gasteiger partial charge on any atom is 0.241 e. The average Bonchev–Trinajstić information content (AvgIpc) is 2.25. The molecule has 0 spiro atoms. The van der Waals surface area contributed by atoms with Crippen molar-refractivity contribution in [2.24, 2.45) is 11.7 Å². The summed E-state index contributed by atoms with van der Waals surface area (Å²) in [7, 11) is -3.53. The van der Waals surface area contributed by atoms with Crippen LogP contribution in [-0.4, -0.2) is 21.0 Å². The lowest BCUT2D eigenvalue weighted by Crippen LogP contribution is -2.40. The van der Waals surface area contributed by atoms with Gasteiger partial charge in [-0.1, -0.05) is 29.8 Å². The van der Waals surface area contributed by atoms with Gasteiger partial charge in [0.2, 0.25) is 10.0 Å². The molecule has 0 fully saturated rings. The van der Waals surface area contributed by atoms with Gasteiger partial charge in [-0.25, -0.2) is 13.1 Å². The van der Waals surface area contributed by atoms with Crippen molar-refractivity contribution < 1.29 is 8.42 Å². The molecule has 0 aliphatic carbocycles. The van der Waals surface area contributed by atoms with Gasteiger partial charge < -0.3 is 5.73 Å². The lowest BCUT2D eigenvalue weighted by Gasteiger charge is -2.16. The molecule has 3 N–H and O–H groups in total. The molecule has 1 aromatic rings. The zero-order chi connectivity index (χ0) is 13.9. The van der Waals surface area contributed by atoms with Gasteiger partial charge in [0, 0.05) is 21.5 Å². The SMILES string of the molecule is CC(C)C(N)CNS(=O)(=O)c1ccc(Br)cc1Br. The van der Waals surface area contributed by atoms with Crippen molar-refractivity contribution in [3.63, 3.8) is 0 Å². The smallest absolute Gasteiger partial charge is 0.241 e. The predicted octanol–water partition coefficient (Wildman–Crippen LogP) is 2.47. The molecule has 0 radical (unpaired) electrons. The summed E-state index contributed by atoms with van der Waals surface area (Å²) in [6.07, 6.45) is 0. The molecule has 0 aliphatic heterocycles. The maximum atomic E-state index is 12.1. The zero-order valence-corrected chi connectivity index (χ0v) is 14.1. The highest BCUT2D eigenvalue weighted by Crippen LogP contribution is 2.25. The molecule has 0 bridgehead atoms. The Bertz CT molecular complexity index is 518. The van der Waals surface area contributed by atoms with Crippen LogP contribution < -0.4 is 10.5 Å². The van der Waals surface area contributed by atoms with Crippen LogP contribution in [0.3, 0.4) is 0 Å². The van der Waals surface area contributed by atoms with Crippen molar-refractivity contribution in [3.8, 4) is 0 Å². The first-order valence-corrected chi connectivity index (χ1v) is 8.51. The van der Waals surface area contributed by atoms with Gasteiger partial charge in [0.15, 0.2) is 0 Å². The van der Waals surface area contributed by atoms with Crippen molar-refractivity contribution in [1.29, 1.82) is 0 Å². The van der Waals surface area contributed by atoms with E-state index in [0.717, 1.165) is 4.47 Å². The molecular formula is C11H16Br2N2O2S. The molecule has 1 unspecified atom stereocenters. The summed E-state index contributed by atoms with van der Waals surface area (Å²) in [5.41, 5.74) is 5.82. The molecule has 18 heavy (non-hydrogen) atoms. The topological polar surface area (TPSA) is 72.2 Å². The molecule has 1 aromatic carbocycles. The number of hydrogen-bond acceptors (Lipinski definition) is 3. The normalized spacial score (nSPS) is 13.9. The second kappa shape index (κ2) is 6.47. The summed E-state index contributed by atoms with van der Waals surface area (Å²) in [4.78, 5) is 0.210. The molecule has 0 saturated heterocycles. The number of hydrogen-bond donors (Lipinski definition) is 2. The van der Waals surface area contributed by atoms with Gasteiger partial charge >= 0.3 is 0 Å². The Kier molecular flexibility index (Phi) is 5.79. The Balaban J connectivity index is 2.87. The van der Waals surface area contributed by atoms with Gasteiger partial charge in [0.05, 0.1) is 4.90 Å². The Morgan fingerprint density at radius 1 is 1.33 bits per heavy atom. The third kappa shape index (κ3) is 4.31. The number of nitrogens with one attached hydrogen (secondary N) is 1. The third-order valence-electron chi connectivity index (χ3n) is 2.55. The summed E-state index contributed by atoms with van der Waals surface area (Å²) in [6.45, 7) is 4.13. The van der Waals surface area contributed by atoms with Crippen LogP contribution in [-0.2, 0) is 10.0 Å². The summed E-state index contributed by atoms with van der Waals surface area (Å²) < 4.78 is 28.0. The first-order valence-electron chi connectivity index (χ1n) is 5.44. The maximum absolute atomic E-state index is 12.1. The first kappa shape index (κ1) is 16.1. The largest absolute Gasteiger partial charge is 0.326 e. The monoisotopic (exact) mass is 398 g/mol. The van der Waals surface area contributed by atoms with Crippen molar-refractivity contribution >= 4 is 41.9 Å². The Morgan fingerprint density at radius 2 is 1.94 bits per heavy atom. The van der Waals surface area contributed by atoms with E-state index < -0.39 is 10.0 Å². The molecule has 1 rings (SSSR count). The molecule has 0 amide bonds. The van der Waals surface area contributed by atoms with Crippen LogP contribution in [0.1, 0.15) is 13.8 Å². The van der Waals surface area contributed by atoms with Crippen LogP contribution in [0.5, 0.6) is 0 Å². The highest BCUT2D eigenvalue weighted by molar-refractivity contribution is 9.11. The Labute approximate surface area is 125 Å². The molecule has 1 atom stereocenters. The van der Waals surface area contributed by atoms with E-state index in [1.807, 2.05) is 13.8 Å². The van der Waals surface area contributed by atoms with E-state index in [2.05, 4.69) is 36.6 Å². The first-order chi connectivity index (χ1) is 8.24. The van der Waals surface area contributed by atoms with Gasteiger partial charge in [0.1, 0.15) is 0 Å². The molecule has 0 heterocycles. The summed E-state index contributed by atoms with van der Waals surface area (Å²) in [5.74, 6) is 0.223. The van der Waals surface area contributed by atoms with E-state index in [1.54, 1.807) is 12.1 Å². The lowest BCUT2D eigenvalue weighted by atomic mass is 10.1. The fourth-order valence-electron chi connectivity index (χ4n) is 1.21. The van der Waals surface area contributed by atoms with Crippen LogP contribution in [0.4, 0.5) is 0 Å². The van der Waals surface area contributed by atoms with Crippen molar-refractivity contribution in [3.05, 3.63) is 27.1 Å². The van der Waals surface area contributed by atoms with Crippen molar-refractivity contribution in [2.75, 3.05) is 6.54 Å². The third-order valence-corrected chi connectivity index (χ3v) is 5.44. The number of nitrogens with two attached hydrogens (primary N) is 1. The fraction of sp³-hybridized carbons (Fsp3) is 0.455. The van der Waals surface area contributed by atoms with E-state index in [0.29, 0.717) is 4.47 Å². The Hall–Kier alpha value is 0.0500. The quantitative estimate of drug-likeness (QED) is 0.798. The molecule has 4 nitrogen and oxygen atoms in total.